The summed E-state index contributed by atoms with van der Waals surface area (Å²) in [6.45, 7) is 4.15. The second-order valence-electron chi connectivity index (χ2n) is 7.12. The number of piperidine rings is 1. The Hall–Kier alpha value is -1.38. The Bertz CT molecular complexity index is 649. The Kier molecular flexibility index (Phi) is 7.47. The van der Waals surface area contributed by atoms with Crippen LogP contribution in [0.5, 0.6) is 5.75 Å². The van der Waals surface area contributed by atoms with Crippen LogP contribution in [0.3, 0.4) is 0 Å². The van der Waals surface area contributed by atoms with Gasteiger partial charge in [0.2, 0.25) is 0 Å². The monoisotopic (exact) mass is 400 g/mol. The Balaban J connectivity index is 0.00000261. The van der Waals surface area contributed by atoms with Gasteiger partial charge >= 0.3 is 0 Å². The summed E-state index contributed by atoms with van der Waals surface area (Å²) in [7, 11) is 0. The third-order valence-electron chi connectivity index (χ3n) is 5.41. The van der Waals surface area contributed by atoms with E-state index in [2.05, 4.69) is 0 Å². The summed E-state index contributed by atoms with van der Waals surface area (Å²) in [4.78, 5) is 14.6. The summed E-state index contributed by atoms with van der Waals surface area (Å²) in [6, 6.07) is 5.43. The number of carbonyl (C=O) groups excluding carboxylic acids is 1. The Morgan fingerprint density at radius 2 is 2.07 bits per heavy atom. The number of aryl methyl sites for hydroxylation is 1. The number of benzene rings is 1. The maximum absolute atomic E-state index is 12.8. The molecule has 2 aliphatic rings. The van der Waals surface area contributed by atoms with E-state index in [0.717, 1.165) is 5.56 Å². The predicted molar refractivity (Wildman–Crippen MR) is 103 cm³/mol. The number of ether oxygens (including phenoxy) is 2. The van der Waals surface area contributed by atoms with Crippen molar-refractivity contribution in [1.29, 1.82) is 0 Å². The molecule has 2 aliphatic heterocycles. The summed E-state index contributed by atoms with van der Waals surface area (Å²) in [5, 5.41) is 20.3. The highest BCUT2D eigenvalue weighted by Crippen LogP contribution is 2.36. The second-order valence-corrected chi connectivity index (χ2v) is 7.12. The summed E-state index contributed by atoms with van der Waals surface area (Å²) in [5.74, 6) is 0.604. The molecule has 0 aliphatic carbocycles. The van der Waals surface area contributed by atoms with Crippen LogP contribution in [0.1, 0.15) is 35.2 Å². The van der Waals surface area contributed by atoms with Crippen LogP contribution in [0, 0.1) is 6.92 Å². The van der Waals surface area contributed by atoms with Crippen LogP contribution < -0.4 is 10.5 Å². The van der Waals surface area contributed by atoms with Gasteiger partial charge in [-0.15, -0.1) is 12.4 Å². The summed E-state index contributed by atoms with van der Waals surface area (Å²) >= 11 is 0. The lowest BCUT2D eigenvalue weighted by molar-refractivity contribution is -0.212. The van der Waals surface area contributed by atoms with E-state index in [-0.39, 0.29) is 18.3 Å². The van der Waals surface area contributed by atoms with Crippen molar-refractivity contribution < 1.29 is 24.5 Å². The van der Waals surface area contributed by atoms with Crippen LogP contribution >= 0.6 is 12.4 Å². The molecule has 0 unspecified atom stereocenters. The molecule has 2 saturated heterocycles. The van der Waals surface area contributed by atoms with E-state index in [1.165, 1.54) is 0 Å². The lowest BCUT2D eigenvalue weighted by Gasteiger charge is -2.48. The van der Waals surface area contributed by atoms with Crippen molar-refractivity contribution in [2.75, 3.05) is 32.8 Å². The van der Waals surface area contributed by atoms with Crippen LogP contribution in [-0.4, -0.2) is 71.7 Å². The van der Waals surface area contributed by atoms with Crippen molar-refractivity contribution >= 4 is 18.3 Å². The van der Waals surface area contributed by atoms with Crippen LogP contribution in [-0.2, 0) is 4.74 Å². The quantitative estimate of drug-likeness (QED) is 0.692. The highest BCUT2D eigenvalue weighted by molar-refractivity contribution is 5.94. The molecule has 8 heteroatoms. The normalized spacial score (nSPS) is 24.4. The molecule has 0 saturated carbocycles. The largest absolute Gasteiger partial charge is 0.492 e. The molecule has 4 N–H and O–H groups in total. The molecule has 1 amide bonds. The Morgan fingerprint density at radius 3 is 2.74 bits per heavy atom. The third kappa shape index (κ3) is 4.55. The fraction of sp³-hybridized carbons (Fsp3) is 0.632. The van der Waals surface area contributed by atoms with Gasteiger partial charge in [0.1, 0.15) is 18.5 Å². The molecule has 27 heavy (non-hydrogen) atoms. The van der Waals surface area contributed by atoms with E-state index in [1.54, 1.807) is 17.0 Å². The lowest BCUT2D eigenvalue weighted by Crippen LogP contribution is -2.60. The molecule has 3 rings (SSSR count). The minimum absolute atomic E-state index is 0. The zero-order chi connectivity index (χ0) is 18.7. The van der Waals surface area contributed by atoms with Gasteiger partial charge < -0.3 is 30.3 Å². The number of halogens is 1. The molecule has 1 aromatic rings. The number of hydrogen-bond donors (Lipinski definition) is 3. The van der Waals surface area contributed by atoms with E-state index >= 15 is 0 Å². The van der Waals surface area contributed by atoms with E-state index < -0.39 is 17.8 Å². The average molecular weight is 401 g/mol. The lowest BCUT2D eigenvalue weighted by atomic mass is 9.80. The van der Waals surface area contributed by atoms with Crippen molar-refractivity contribution in [2.24, 2.45) is 5.73 Å². The number of carbonyl (C=O) groups is 1. The molecular formula is C19H29ClN2O5. The van der Waals surface area contributed by atoms with Crippen molar-refractivity contribution in [3.63, 3.8) is 0 Å². The third-order valence-corrected chi connectivity index (χ3v) is 5.41. The minimum atomic E-state index is -0.899. The molecule has 2 heterocycles. The number of hydrogen-bond acceptors (Lipinski definition) is 6. The molecule has 0 radical (unpaired) electrons. The highest BCUT2D eigenvalue weighted by Gasteiger charge is 2.48. The van der Waals surface area contributed by atoms with Gasteiger partial charge in [-0.1, -0.05) is 6.07 Å². The first-order valence-electron chi connectivity index (χ1n) is 9.20. The van der Waals surface area contributed by atoms with Gasteiger partial charge in [0, 0.05) is 25.2 Å². The zero-order valence-corrected chi connectivity index (χ0v) is 16.4. The van der Waals surface area contributed by atoms with Crippen LogP contribution in [0.25, 0.3) is 0 Å². The number of rotatable bonds is 4. The molecular weight excluding hydrogens is 372 g/mol. The van der Waals surface area contributed by atoms with Crippen molar-refractivity contribution in [3.8, 4) is 5.75 Å². The average Bonchev–Trinajstić information content (AvgIpc) is 2.65. The Labute approximate surface area is 165 Å². The van der Waals surface area contributed by atoms with E-state index in [0.29, 0.717) is 63.4 Å². The topological polar surface area (TPSA) is 105 Å². The van der Waals surface area contributed by atoms with Gasteiger partial charge in [-0.05, 0) is 43.9 Å². The van der Waals surface area contributed by atoms with E-state index in [4.69, 9.17) is 15.2 Å². The van der Waals surface area contributed by atoms with E-state index in [9.17, 15) is 15.0 Å². The van der Waals surface area contributed by atoms with Gasteiger partial charge in [0.25, 0.3) is 5.91 Å². The molecule has 2 atom stereocenters. The van der Waals surface area contributed by atoms with Gasteiger partial charge in [-0.3, -0.25) is 4.79 Å². The number of likely N-dealkylation sites (tertiary alicyclic amines) is 1. The smallest absolute Gasteiger partial charge is 0.253 e. The SMILES string of the molecule is Cc1ccc(C(=O)N2CCC3(CC2)OCC[C@H](O)[C@@H]3O)cc1OCCN.Cl. The first kappa shape index (κ1) is 21.9. The first-order chi connectivity index (χ1) is 12.5. The molecule has 1 spiro atoms. The summed E-state index contributed by atoms with van der Waals surface area (Å²) < 4.78 is 11.4. The number of amides is 1. The predicted octanol–water partition coefficient (Wildman–Crippen LogP) is 0.871. The van der Waals surface area contributed by atoms with Crippen LogP contribution in [0.4, 0.5) is 0 Å². The minimum Gasteiger partial charge on any atom is -0.492 e. The van der Waals surface area contributed by atoms with E-state index in [1.807, 2.05) is 13.0 Å². The van der Waals surface area contributed by atoms with Gasteiger partial charge in [-0.2, -0.15) is 0 Å². The van der Waals surface area contributed by atoms with Gasteiger partial charge in [-0.25, -0.2) is 0 Å². The molecule has 152 valence electrons. The van der Waals surface area contributed by atoms with Gasteiger partial charge in [0.05, 0.1) is 18.3 Å². The first-order valence-corrected chi connectivity index (χ1v) is 9.20. The molecule has 0 aromatic heterocycles. The standard InChI is InChI=1S/C19H28N2O5.ClH/c1-13-2-3-14(12-16(13)25-11-7-20)18(24)21-8-5-19(6-9-21)17(23)15(22)4-10-26-19;/h2-3,12,15,17,22-23H,4-11,20H2,1H3;1H/t15-,17-;/m0./s1. The maximum Gasteiger partial charge on any atom is 0.253 e. The van der Waals surface area contributed by atoms with Crippen molar-refractivity contribution in [2.45, 2.75) is 44.0 Å². The Morgan fingerprint density at radius 1 is 1.37 bits per heavy atom. The number of aliphatic hydroxyl groups excluding tert-OH is 2. The van der Waals surface area contributed by atoms with Gasteiger partial charge in [0.15, 0.2) is 0 Å². The molecule has 7 nitrogen and oxygen atoms in total. The highest BCUT2D eigenvalue weighted by atomic mass is 35.5. The fourth-order valence-corrected chi connectivity index (χ4v) is 3.75. The summed E-state index contributed by atoms with van der Waals surface area (Å²) in [6.07, 6.45) is -0.186. The molecule has 2 fully saturated rings. The van der Waals surface area contributed by atoms with Crippen LogP contribution in [0.15, 0.2) is 18.2 Å². The van der Waals surface area contributed by atoms with Crippen molar-refractivity contribution in [1.82, 2.24) is 4.90 Å². The number of nitrogens with two attached hydrogens (primary N) is 1. The fourth-order valence-electron chi connectivity index (χ4n) is 3.75. The van der Waals surface area contributed by atoms with Crippen LogP contribution in [0.2, 0.25) is 0 Å². The number of nitrogens with zero attached hydrogens (tertiary/aromatic N) is 1. The zero-order valence-electron chi connectivity index (χ0n) is 15.6. The number of aliphatic hydroxyl groups is 2. The van der Waals surface area contributed by atoms with Crippen molar-refractivity contribution in [3.05, 3.63) is 29.3 Å². The second kappa shape index (κ2) is 9.21. The maximum atomic E-state index is 12.8. The summed E-state index contributed by atoms with van der Waals surface area (Å²) in [5.41, 5.74) is 6.27. The molecule has 1 aromatic carbocycles. The molecule has 0 bridgehead atoms.